The van der Waals surface area contributed by atoms with E-state index in [1.165, 1.54) is 6.92 Å². The molecule has 2 aromatic rings. The van der Waals surface area contributed by atoms with Crippen LogP contribution in [0.1, 0.15) is 39.6 Å². The minimum absolute atomic E-state index is 0.0436. The van der Waals surface area contributed by atoms with Crippen LogP contribution in [0.5, 0.6) is 11.5 Å². The van der Waals surface area contributed by atoms with Gasteiger partial charge < -0.3 is 14.8 Å². The van der Waals surface area contributed by atoms with Gasteiger partial charge in [-0.1, -0.05) is 12.1 Å². The Hall–Kier alpha value is -2.82. The van der Waals surface area contributed by atoms with Crippen molar-refractivity contribution < 1.29 is 19.1 Å². The zero-order valence-electron chi connectivity index (χ0n) is 13.7. The molecular weight excluding hydrogens is 306 g/mol. The Morgan fingerprint density at radius 1 is 1.04 bits per heavy atom. The first-order chi connectivity index (χ1) is 11.5. The van der Waals surface area contributed by atoms with Crippen LogP contribution in [0.4, 0.5) is 5.69 Å². The Kier molecular flexibility index (Phi) is 4.51. The van der Waals surface area contributed by atoms with Crippen LogP contribution in [0.25, 0.3) is 0 Å². The van der Waals surface area contributed by atoms with Crippen molar-refractivity contribution in [2.24, 2.45) is 0 Å². The maximum absolute atomic E-state index is 12.6. The molecule has 0 saturated heterocycles. The molecule has 0 spiro atoms. The summed E-state index contributed by atoms with van der Waals surface area (Å²) in [5, 5.41) is 2.83. The van der Waals surface area contributed by atoms with Gasteiger partial charge in [0.25, 0.3) is 5.91 Å². The van der Waals surface area contributed by atoms with Crippen molar-refractivity contribution in [3.63, 3.8) is 0 Å². The van der Waals surface area contributed by atoms with E-state index in [-0.39, 0.29) is 11.7 Å². The van der Waals surface area contributed by atoms with Crippen molar-refractivity contribution >= 4 is 17.4 Å². The summed E-state index contributed by atoms with van der Waals surface area (Å²) >= 11 is 0. The molecule has 124 valence electrons. The zero-order chi connectivity index (χ0) is 17.1. The summed E-state index contributed by atoms with van der Waals surface area (Å²) in [5.74, 6) is 0.961. The minimum Gasteiger partial charge on any atom is -0.490 e. The lowest BCUT2D eigenvalue weighted by molar-refractivity contribution is 0.101. The van der Waals surface area contributed by atoms with Crippen LogP contribution in [0.2, 0.25) is 0 Å². The van der Waals surface area contributed by atoms with E-state index in [1.807, 2.05) is 13.0 Å². The molecule has 24 heavy (non-hydrogen) atoms. The summed E-state index contributed by atoms with van der Waals surface area (Å²) in [4.78, 5) is 24.1. The van der Waals surface area contributed by atoms with E-state index in [0.717, 1.165) is 12.0 Å². The summed E-state index contributed by atoms with van der Waals surface area (Å²) in [6.45, 7) is 4.53. The molecule has 2 aromatic carbocycles. The molecule has 1 aliphatic rings. The van der Waals surface area contributed by atoms with Gasteiger partial charge in [0.05, 0.1) is 13.2 Å². The molecule has 0 fully saturated rings. The fraction of sp³-hybridized carbons (Fsp3) is 0.263. The quantitative estimate of drug-likeness (QED) is 0.876. The zero-order valence-corrected chi connectivity index (χ0v) is 13.7. The summed E-state index contributed by atoms with van der Waals surface area (Å²) in [6, 6.07) is 10.4. The average Bonchev–Trinajstić information content (AvgIpc) is 2.79. The summed E-state index contributed by atoms with van der Waals surface area (Å²) in [7, 11) is 0. The van der Waals surface area contributed by atoms with Gasteiger partial charge in [-0.3, -0.25) is 9.59 Å². The molecule has 0 unspecified atom stereocenters. The number of amides is 1. The summed E-state index contributed by atoms with van der Waals surface area (Å²) < 4.78 is 11.3. The van der Waals surface area contributed by atoms with E-state index < -0.39 is 0 Å². The van der Waals surface area contributed by atoms with E-state index in [9.17, 15) is 9.59 Å². The molecule has 1 N–H and O–H groups in total. The fourth-order valence-electron chi connectivity index (χ4n) is 2.57. The Morgan fingerprint density at radius 3 is 2.46 bits per heavy atom. The van der Waals surface area contributed by atoms with E-state index in [0.29, 0.717) is 41.5 Å². The molecule has 0 atom stereocenters. The van der Waals surface area contributed by atoms with Crippen LogP contribution < -0.4 is 14.8 Å². The van der Waals surface area contributed by atoms with Crippen molar-refractivity contribution in [3.8, 4) is 11.5 Å². The molecular formula is C19H19NO4. The predicted molar refractivity (Wildman–Crippen MR) is 91.2 cm³/mol. The van der Waals surface area contributed by atoms with Crippen LogP contribution in [-0.2, 0) is 0 Å². The lowest BCUT2D eigenvalue weighted by atomic mass is 10.1. The van der Waals surface area contributed by atoms with E-state index in [4.69, 9.17) is 9.47 Å². The van der Waals surface area contributed by atoms with Crippen molar-refractivity contribution in [1.82, 2.24) is 0 Å². The molecule has 5 nitrogen and oxygen atoms in total. The number of nitrogens with one attached hydrogen (secondary N) is 1. The Bertz CT molecular complexity index is 798. The number of Topliss-reactive ketones (excluding diaryl/α,β-unsaturated/α-hetero) is 1. The molecule has 3 rings (SSSR count). The van der Waals surface area contributed by atoms with Gasteiger partial charge in [0.1, 0.15) is 0 Å². The highest BCUT2D eigenvalue weighted by Crippen LogP contribution is 2.33. The van der Waals surface area contributed by atoms with Gasteiger partial charge in [-0.2, -0.15) is 0 Å². The van der Waals surface area contributed by atoms with E-state index in [1.54, 1.807) is 30.3 Å². The van der Waals surface area contributed by atoms with Crippen LogP contribution in [0, 0.1) is 6.92 Å². The predicted octanol–water partition coefficient (Wildman–Crippen LogP) is 3.61. The number of hydrogen-bond acceptors (Lipinski definition) is 4. The smallest absolute Gasteiger partial charge is 0.256 e. The Labute approximate surface area is 140 Å². The monoisotopic (exact) mass is 325 g/mol. The second kappa shape index (κ2) is 6.74. The molecule has 0 aliphatic carbocycles. The number of ketones is 1. The third-order valence-corrected chi connectivity index (χ3v) is 3.87. The summed E-state index contributed by atoms with van der Waals surface area (Å²) in [5.41, 5.74) is 2.47. The largest absolute Gasteiger partial charge is 0.490 e. The van der Waals surface area contributed by atoms with Crippen molar-refractivity contribution in [2.45, 2.75) is 20.3 Å². The van der Waals surface area contributed by atoms with Crippen LogP contribution in [0.3, 0.4) is 0 Å². The van der Waals surface area contributed by atoms with Gasteiger partial charge in [-0.05, 0) is 43.7 Å². The van der Waals surface area contributed by atoms with Gasteiger partial charge in [-0.25, -0.2) is 0 Å². The summed E-state index contributed by atoms with van der Waals surface area (Å²) in [6.07, 6.45) is 0.813. The highest BCUT2D eigenvalue weighted by atomic mass is 16.5. The SMILES string of the molecule is CC(=O)c1cccc(NC(=O)c2cc3c(cc2C)OCCCO3)c1. The minimum atomic E-state index is -0.246. The average molecular weight is 325 g/mol. The normalized spacial score (nSPS) is 13.1. The topological polar surface area (TPSA) is 64.6 Å². The Morgan fingerprint density at radius 2 is 1.75 bits per heavy atom. The molecule has 0 radical (unpaired) electrons. The number of anilines is 1. The number of carbonyl (C=O) groups is 2. The van der Waals surface area contributed by atoms with Gasteiger partial charge in [0.2, 0.25) is 0 Å². The van der Waals surface area contributed by atoms with Gasteiger partial charge in [0, 0.05) is 23.2 Å². The maximum Gasteiger partial charge on any atom is 0.256 e. The molecule has 0 aromatic heterocycles. The van der Waals surface area contributed by atoms with E-state index >= 15 is 0 Å². The van der Waals surface area contributed by atoms with Crippen LogP contribution in [-0.4, -0.2) is 24.9 Å². The van der Waals surface area contributed by atoms with Gasteiger partial charge in [-0.15, -0.1) is 0 Å². The van der Waals surface area contributed by atoms with Gasteiger partial charge >= 0.3 is 0 Å². The highest BCUT2D eigenvalue weighted by molar-refractivity contribution is 6.06. The number of benzene rings is 2. The third kappa shape index (κ3) is 3.40. The lowest BCUT2D eigenvalue weighted by Crippen LogP contribution is -2.14. The molecule has 0 saturated carbocycles. The first-order valence-electron chi connectivity index (χ1n) is 7.87. The Balaban J connectivity index is 1.86. The fourth-order valence-corrected chi connectivity index (χ4v) is 2.57. The van der Waals surface area contributed by atoms with E-state index in [2.05, 4.69) is 5.32 Å². The lowest BCUT2D eigenvalue weighted by Gasteiger charge is -2.13. The molecule has 1 amide bonds. The third-order valence-electron chi connectivity index (χ3n) is 3.87. The van der Waals surface area contributed by atoms with Crippen molar-refractivity contribution in [3.05, 3.63) is 53.1 Å². The number of carbonyl (C=O) groups excluding carboxylic acids is 2. The second-order valence-corrected chi connectivity index (χ2v) is 5.76. The molecule has 1 heterocycles. The second-order valence-electron chi connectivity index (χ2n) is 5.76. The number of fused-ring (bicyclic) bond motifs is 1. The van der Waals surface area contributed by atoms with Crippen LogP contribution in [0.15, 0.2) is 36.4 Å². The maximum atomic E-state index is 12.6. The number of hydrogen-bond donors (Lipinski definition) is 1. The number of ether oxygens (including phenoxy) is 2. The van der Waals surface area contributed by atoms with Gasteiger partial charge in [0.15, 0.2) is 17.3 Å². The first kappa shape index (κ1) is 16.1. The molecule has 5 heteroatoms. The molecule has 0 bridgehead atoms. The highest BCUT2D eigenvalue weighted by Gasteiger charge is 2.17. The number of aryl methyl sites for hydroxylation is 1. The first-order valence-corrected chi connectivity index (χ1v) is 7.87. The molecule has 1 aliphatic heterocycles. The van der Waals surface area contributed by atoms with Crippen molar-refractivity contribution in [2.75, 3.05) is 18.5 Å². The standard InChI is InChI=1S/C19H19NO4/c1-12-9-17-18(24-8-4-7-23-17)11-16(12)19(22)20-15-6-3-5-14(10-15)13(2)21/h3,5-6,9-11H,4,7-8H2,1-2H3,(H,20,22). The van der Waals surface area contributed by atoms with Crippen LogP contribution >= 0.6 is 0 Å². The number of rotatable bonds is 3. The van der Waals surface area contributed by atoms with Crippen molar-refractivity contribution in [1.29, 1.82) is 0 Å².